The predicted octanol–water partition coefficient (Wildman–Crippen LogP) is 6.33. The van der Waals surface area contributed by atoms with Gasteiger partial charge in [-0.2, -0.15) is 23.3 Å². The molecule has 0 spiro atoms. The fourth-order valence-corrected chi connectivity index (χ4v) is 5.45. The normalized spacial score (nSPS) is 20.2. The Balaban J connectivity index is 1.08. The number of thiocarbonyl (C=S) groups is 1. The highest BCUT2D eigenvalue weighted by molar-refractivity contribution is 7.80. The summed E-state index contributed by atoms with van der Waals surface area (Å²) in [5.41, 5.74) is 0.770. The molecule has 2 aliphatic rings. The van der Waals surface area contributed by atoms with Gasteiger partial charge in [0.15, 0.2) is 10.9 Å². The summed E-state index contributed by atoms with van der Waals surface area (Å²) in [7, 11) is 0. The highest BCUT2D eigenvalue weighted by Gasteiger charge is 2.30. The Morgan fingerprint density at radius 3 is 2.47 bits per heavy atom. The first-order chi connectivity index (χ1) is 18.3. The Kier molecular flexibility index (Phi) is 7.96. The van der Waals surface area contributed by atoms with Crippen molar-refractivity contribution in [2.24, 2.45) is 0 Å². The first kappa shape index (κ1) is 26.2. The zero-order chi connectivity index (χ0) is 26.5. The molecule has 3 aromatic rings. The summed E-state index contributed by atoms with van der Waals surface area (Å²) in [6.45, 7) is 0. The lowest BCUT2D eigenvalue weighted by Gasteiger charge is -2.30. The molecule has 2 saturated carbocycles. The van der Waals surface area contributed by atoms with E-state index in [1.165, 1.54) is 37.4 Å². The van der Waals surface area contributed by atoms with Crippen molar-refractivity contribution in [1.29, 1.82) is 0 Å². The van der Waals surface area contributed by atoms with Crippen LogP contribution < -0.4 is 21.3 Å². The molecular formula is C26H31F3N8S. The van der Waals surface area contributed by atoms with E-state index in [-0.39, 0.29) is 12.1 Å². The highest BCUT2D eigenvalue weighted by Crippen LogP contribution is 2.34. The molecule has 8 nitrogen and oxygen atoms in total. The molecular weight excluding hydrogens is 513 g/mol. The minimum atomic E-state index is -4.39. The van der Waals surface area contributed by atoms with Gasteiger partial charge < -0.3 is 21.3 Å². The molecule has 2 fully saturated rings. The Morgan fingerprint density at radius 2 is 1.71 bits per heavy atom. The van der Waals surface area contributed by atoms with E-state index < -0.39 is 11.7 Å². The molecule has 0 unspecified atom stereocenters. The quantitative estimate of drug-likeness (QED) is 0.220. The molecule has 2 heterocycles. The molecule has 0 radical (unpaired) electrons. The summed E-state index contributed by atoms with van der Waals surface area (Å²) in [5.74, 6) is 2.54. The molecule has 0 atom stereocenters. The number of rotatable bonds is 7. The Morgan fingerprint density at radius 1 is 0.947 bits per heavy atom. The van der Waals surface area contributed by atoms with Crippen LogP contribution in [0.15, 0.2) is 42.6 Å². The molecule has 5 N–H and O–H groups in total. The fraction of sp³-hybridized carbons (Fsp3) is 0.462. The molecule has 38 heavy (non-hydrogen) atoms. The number of anilines is 4. The summed E-state index contributed by atoms with van der Waals surface area (Å²) < 4.78 is 38.8. The third-order valence-electron chi connectivity index (χ3n) is 7.15. The van der Waals surface area contributed by atoms with Crippen molar-refractivity contribution < 1.29 is 13.2 Å². The first-order valence-electron chi connectivity index (χ1n) is 13.0. The number of aromatic nitrogens is 4. The third kappa shape index (κ3) is 6.91. The van der Waals surface area contributed by atoms with E-state index in [1.807, 2.05) is 6.07 Å². The van der Waals surface area contributed by atoms with E-state index in [9.17, 15) is 13.2 Å². The molecule has 5 rings (SSSR count). The fourth-order valence-electron chi connectivity index (χ4n) is 5.17. The number of H-pyrrole nitrogens is 1. The van der Waals surface area contributed by atoms with Crippen molar-refractivity contribution in [1.82, 2.24) is 25.5 Å². The number of benzene rings is 1. The maximum atomic E-state index is 12.9. The van der Waals surface area contributed by atoms with Gasteiger partial charge >= 0.3 is 6.18 Å². The molecule has 2 aliphatic carbocycles. The number of aromatic amines is 1. The molecule has 0 amide bonds. The van der Waals surface area contributed by atoms with E-state index in [2.05, 4.69) is 47.5 Å². The van der Waals surface area contributed by atoms with Crippen molar-refractivity contribution in [3.8, 4) is 0 Å². The van der Waals surface area contributed by atoms with Gasteiger partial charge in [-0.3, -0.25) is 5.10 Å². The first-order valence-corrected chi connectivity index (χ1v) is 13.4. The van der Waals surface area contributed by atoms with Crippen LogP contribution in [0, 0.1) is 0 Å². The average molecular weight is 545 g/mol. The van der Waals surface area contributed by atoms with E-state index >= 15 is 0 Å². The SMILES string of the molecule is FC(F)(F)c1cccc(NC(=S)N[C@H]2CC[C@H](Nc3nccc(Nc4cc(C5CCCC5)[nH]n4)n3)CC2)c1. The number of halogens is 3. The van der Waals surface area contributed by atoms with E-state index in [4.69, 9.17) is 12.2 Å². The Hall–Kier alpha value is -3.41. The van der Waals surface area contributed by atoms with Crippen molar-refractivity contribution in [3.05, 3.63) is 53.9 Å². The Bertz CT molecular complexity index is 1230. The van der Waals surface area contributed by atoms with Crippen molar-refractivity contribution in [2.45, 2.75) is 75.5 Å². The number of nitrogens with zero attached hydrogens (tertiary/aromatic N) is 3. The standard InChI is InChI=1S/C26H31F3N8S/c27-26(28,29)17-6-3-7-20(14-17)33-25(38)32-19-10-8-18(9-11-19)31-24-30-13-12-22(35-24)34-23-15-21(36-37-23)16-4-1-2-5-16/h3,6-7,12-16,18-19H,1-2,4-5,8-11H2,(H2,32,33,38)(H3,30,31,34,35,36,37)/t18-,19-. The van der Waals surface area contributed by atoms with Crippen LogP contribution in [0.5, 0.6) is 0 Å². The minimum Gasteiger partial charge on any atom is -0.360 e. The topological polar surface area (TPSA) is 103 Å². The minimum absolute atomic E-state index is 0.140. The van der Waals surface area contributed by atoms with Crippen LogP contribution in [0.4, 0.5) is 36.4 Å². The molecule has 202 valence electrons. The molecule has 12 heteroatoms. The number of nitrogens with one attached hydrogen (secondary N) is 5. The van der Waals surface area contributed by atoms with Crippen molar-refractivity contribution in [3.63, 3.8) is 0 Å². The van der Waals surface area contributed by atoms with Crippen molar-refractivity contribution in [2.75, 3.05) is 16.0 Å². The van der Waals surface area contributed by atoms with Crippen LogP contribution in [0.25, 0.3) is 0 Å². The van der Waals surface area contributed by atoms with Crippen LogP contribution in [0.3, 0.4) is 0 Å². The summed E-state index contributed by atoms with van der Waals surface area (Å²) in [4.78, 5) is 8.96. The van der Waals surface area contributed by atoms with Crippen LogP contribution in [-0.2, 0) is 6.18 Å². The molecule has 0 aliphatic heterocycles. The van der Waals surface area contributed by atoms with E-state index in [0.717, 1.165) is 43.6 Å². The Labute approximate surface area is 224 Å². The van der Waals surface area contributed by atoms with Gasteiger partial charge in [0.25, 0.3) is 0 Å². The third-order valence-corrected chi connectivity index (χ3v) is 7.37. The van der Waals surface area contributed by atoms with Crippen LogP contribution >= 0.6 is 12.2 Å². The van der Waals surface area contributed by atoms with Gasteiger partial charge in [0.1, 0.15) is 5.82 Å². The predicted molar refractivity (Wildman–Crippen MR) is 146 cm³/mol. The molecule has 0 bridgehead atoms. The summed E-state index contributed by atoms with van der Waals surface area (Å²) in [5, 5.41) is 20.6. The van der Waals surface area contributed by atoms with Gasteiger partial charge in [-0.1, -0.05) is 18.9 Å². The van der Waals surface area contributed by atoms with Gasteiger partial charge in [0.05, 0.1) is 5.56 Å². The summed E-state index contributed by atoms with van der Waals surface area (Å²) >= 11 is 5.34. The number of hydrogen-bond donors (Lipinski definition) is 5. The number of hydrogen-bond acceptors (Lipinski definition) is 6. The zero-order valence-electron chi connectivity index (χ0n) is 20.8. The molecule has 2 aromatic heterocycles. The van der Waals surface area contributed by atoms with Crippen LogP contribution in [0.2, 0.25) is 0 Å². The maximum absolute atomic E-state index is 12.9. The van der Waals surface area contributed by atoms with E-state index in [1.54, 1.807) is 12.3 Å². The molecule has 1 aromatic carbocycles. The van der Waals surface area contributed by atoms with E-state index in [0.29, 0.717) is 28.5 Å². The lowest BCUT2D eigenvalue weighted by molar-refractivity contribution is -0.137. The largest absolute Gasteiger partial charge is 0.416 e. The summed E-state index contributed by atoms with van der Waals surface area (Å²) in [6, 6.07) is 9.25. The number of alkyl halides is 3. The smallest absolute Gasteiger partial charge is 0.360 e. The zero-order valence-corrected chi connectivity index (χ0v) is 21.6. The van der Waals surface area contributed by atoms with Gasteiger partial charge in [0.2, 0.25) is 5.95 Å². The van der Waals surface area contributed by atoms with Gasteiger partial charge in [-0.25, -0.2) is 4.98 Å². The van der Waals surface area contributed by atoms with Gasteiger partial charge in [-0.05, 0) is 75.0 Å². The highest BCUT2D eigenvalue weighted by atomic mass is 32.1. The van der Waals surface area contributed by atoms with Crippen LogP contribution in [0.1, 0.15) is 68.5 Å². The maximum Gasteiger partial charge on any atom is 0.416 e. The average Bonchev–Trinajstić information content (AvgIpc) is 3.58. The van der Waals surface area contributed by atoms with Crippen molar-refractivity contribution >= 4 is 40.6 Å². The second-order valence-corrected chi connectivity index (χ2v) is 10.4. The second-order valence-electron chi connectivity index (χ2n) is 9.95. The molecule has 0 saturated heterocycles. The van der Waals surface area contributed by atoms with Gasteiger partial charge in [0, 0.05) is 41.6 Å². The lowest BCUT2D eigenvalue weighted by Crippen LogP contribution is -2.42. The lowest BCUT2D eigenvalue weighted by atomic mass is 9.91. The monoisotopic (exact) mass is 544 g/mol. The van der Waals surface area contributed by atoms with Crippen LogP contribution in [-0.4, -0.2) is 37.4 Å². The summed E-state index contributed by atoms with van der Waals surface area (Å²) in [6.07, 6.45) is 5.77. The van der Waals surface area contributed by atoms with Gasteiger partial charge in [-0.15, -0.1) is 0 Å². The second kappa shape index (κ2) is 11.5.